The molecular weight excluding hydrogens is 319 g/mol. The van der Waals surface area contributed by atoms with Crippen LogP contribution in [0.4, 0.5) is 0 Å². The number of ether oxygens (including phenoxy) is 2. The molecule has 22 heavy (non-hydrogen) atoms. The van der Waals surface area contributed by atoms with Crippen molar-refractivity contribution in [2.24, 2.45) is 0 Å². The summed E-state index contributed by atoms with van der Waals surface area (Å²) in [6.07, 6.45) is -3.39. The second-order valence-corrected chi connectivity index (χ2v) is 5.59. The van der Waals surface area contributed by atoms with Crippen molar-refractivity contribution in [2.75, 3.05) is 13.2 Å². The number of phosphoric ester groups is 1. The number of hydrogen-bond acceptors (Lipinski definition) is 8. The molecule has 0 saturated heterocycles. The Morgan fingerprint density at radius 1 is 1.18 bits per heavy atom. The van der Waals surface area contributed by atoms with Crippen molar-refractivity contribution >= 4 is 19.8 Å². The van der Waals surface area contributed by atoms with E-state index >= 15 is 0 Å². The highest BCUT2D eigenvalue weighted by molar-refractivity contribution is 7.47. The molecule has 0 aromatic heterocycles. The van der Waals surface area contributed by atoms with Gasteiger partial charge in [-0.05, 0) is 27.7 Å². The van der Waals surface area contributed by atoms with Gasteiger partial charge in [-0.25, -0.2) is 14.2 Å². The normalized spacial score (nSPS) is 17.4. The van der Waals surface area contributed by atoms with Crippen LogP contribution in [-0.2, 0) is 32.7 Å². The van der Waals surface area contributed by atoms with E-state index in [1.54, 1.807) is 0 Å². The van der Waals surface area contributed by atoms with E-state index < -0.39 is 38.1 Å². The quantitative estimate of drug-likeness (QED) is 0.465. The van der Waals surface area contributed by atoms with Gasteiger partial charge in [0.2, 0.25) is 0 Å². The number of carbonyl (C=O) groups excluding carboxylic acids is 2. The molecule has 0 radical (unpaired) electrons. The van der Waals surface area contributed by atoms with Gasteiger partial charge in [0.1, 0.15) is 18.8 Å². The third-order valence-electron chi connectivity index (χ3n) is 2.03. The Balaban J connectivity index is 0. The Hall–Kier alpha value is -0.990. The highest BCUT2D eigenvalue weighted by Crippen LogP contribution is 2.44. The van der Waals surface area contributed by atoms with Crippen molar-refractivity contribution in [1.29, 1.82) is 0 Å². The largest absolute Gasteiger partial charge is 0.472 e. The van der Waals surface area contributed by atoms with Crippen molar-refractivity contribution in [3.63, 3.8) is 0 Å². The van der Waals surface area contributed by atoms with Gasteiger partial charge in [-0.3, -0.25) is 9.05 Å². The second kappa shape index (κ2) is 10.7. The van der Waals surface area contributed by atoms with E-state index in [2.05, 4.69) is 9.05 Å². The average Bonchev–Trinajstić information content (AvgIpc) is 2.34. The van der Waals surface area contributed by atoms with Gasteiger partial charge in [0.15, 0.2) is 6.10 Å². The van der Waals surface area contributed by atoms with E-state index in [4.69, 9.17) is 14.6 Å². The first-order valence-corrected chi connectivity index (χ1v) is 7.79. The molecule has 9 nitrogen and oxygen atoms in total. The highest BCUT2D eigenvalue weighted by atomic mass is 31.2. The molecule has 0 rings (SSSR count). The molecule has 0 amide bonds. The van der Waals surface area contributed by atoms with Crippen LogP contribution < -0.4 is 0 Å². The summed E-state index contributed by atoms with van der Waals surface area (Å²) >= 11 is 0. The molecule has 0 bridgehead atoms. The molecule has 0 aliphatic heterocycles. The lowest BCUT2D eigenvalue weighted by Crippen LogP contribution is -2.30. The van der Waals surface area contributed by atoms with Gasteiger partial charge in [0, 0.05) is 0 Å². The average molecular weight is 344 g/mol. The molecule has 132 valence electrons. The van der Waals surface area contributed by atoms with Crippen molar-refractivity contribution in [2.45, 2.75) is 53.4 Å². The molecule has 0 heterocycles. The van der Waals surface area contributed by atoms with Gasteiger partial charge in [-0.15, -0.1) is 0 Å². The van der Waals surface area contributed by atoms with Crippen LogP contribution in [0.15, 0.2) is 0 Å². The minimum atomic E-state index is -4.30. The first-order valence-electron chi connectivity index (χ1n) is 6.30. The standard InChI is InChI=1S/C11H21O9P.CH4/c1-5-18-21(15,16)20-9(4)11(14)17-6-7(2)19-10(13)8(3)12;/h7-9,12H,5-6H2,1-4H3,(H,15,16);1H4. The molecule has 0 aliphatic carbocycles. The summed E-state index contributed by atoms with van der Waals surface area (Å²) < 4.78 is 29.8. The minimum absolute atomic E-state index is 0. The molecule has 4 unspecified atom stereocenters. The third kappa shape index (κ3) is 9.86. The summed E-state index contributed by atoms with van der Waals surface area (Å²) in [6.45, 7) is 5.07. The number of aliphatic hydroxyl groups is 1. The Morgan fingerprint density at radius 3 is 2.18 bits per heavy atom. The number of carbonyl (C=O) groups is 2. The van der Waals surface area contributed by atoms with Crippen molar-refractivity contribution in [3.8, 4) is 0 Å². The van der Waals surface area contributed by atoms with Crippen LogP contribution in [0.1, 0.15) is 35.1 Å². The summed E-state index contributed by atoms with van der Waals surface area (Å²) in [7, 11) is -4.30. The van der Waals surface area contributed by atoms with Gasteiger partial charge in [-0.1, -0.05) is 7.43 Å². The smallest absolute Gasteiger partial charge is 0.460 e. The van der Waals surface area contributed by atoms with Crippen LogP contribution in [0.5, 0.6) is 0 Å². The van der Waals surface area contributed by atoms with Crippen molar-refractivity contribution in [1.82, 2.24) is 0 Å². The van der Waals surface area contributed by atoms with Crippen molar-refractivity contribution < 1.29 is 42.7 Å². The summed E-state index contributed by atoms with van der Waals surface area (Å²) in [5.41, 5.74) is 0. The molecule has 2 N–H and O–H groups in total. The van der Waals surface area contributed by atoms with E-state index in [-0.39, 0.29) is 20.6 Å². The zero-order valence-corrected chi connectivity index (χ0v) is 13.2. The van der Waals surface area contributed by atoms with E-state index in [1.165, 1.54) is 27.7 Å². The maximum Gasteiger partial charge on any atom is 0.472 e. The van der Waals surface area contributed by atoms with Gasteiger partial charge in [0.25, 0.3) is 0 Å². The van der Waals surface area contributed by atoms with Crippen LogP contribution >= 0.6 is 7.82 Å². The maximum absolute atomic E-state index is 11.5. The van der Waals surface area contributed by atoms with Gasteiger partial charge >= 0.3 is 19.8 Å². The maximum atomic E-state index is 11.5. The van der Waals surface area contributed by atoms with Crippen LogP contribution in [0.2, 0.25) is 0 Å². The summed E-state index contributed by atoms with van der Waals surface area (Å²) in [6, 6.07) is 0. The number of aliphatic hydroxyl groups excluding tert-OH is 1. The molecule has 0 spiro atoms. The molecule has 0 fully saturated rings. The second-order valence-electron chi connectivity index (χ2n) is 4.19. The molecule has 0 saturated carbocycles. The van der Waals surface area contributed by atoms with Gasteiger partial charge in [0.05, 0.1) is 6.61 Å². The van der Waals surface area contributed by atoms with E-state index in [0.29, 0.717) is 0 Å². The lowest BCUT2D eigenvalue weighted by atomic mass is 10.4. The predicted molar refractivity (Wildman–Crippen MR) is 76.9 cm³/mol. The van der Waals surface area contributed by atoms with Gasteiger partial charge in [-0.2, -0.15) is 0 Å². The molecular formula is C12H25O9P. The Bertz CT molecular complexity index is 396. The summed E-state index contributed by atoms with van der Waals surface area (Å²) in [4.78, 5) is 31.8. The predicted octanol–water partition coefficient (Wildman–Crippen LogP) is 1.02. The SMILES string of the molecule is C.CCOP(=O)(O)OC(C)C(=O)OCC(C)OC(=O)C(C)O. The minimum Gasteiger partial charge on any atom is -0.460 e. The Labute approximate surface area is 130 Å². The van der Waals surface area contributed by atoms with Crippen LogP contribution in [0, 0.1) is 0 Å². The first-order chi connectivity index (χ1) is 9.59. The topological polar surface area (TPSA) is 129 Å². The van der Waals surface area contributed by atoms with E-state index in [9.17, 15) is 19.0 Å². The summed E-state index contributed by atoms with van der Waals surface area (Å²) in [5, 5.41) is 8.94. The fourth-order valence-electron chi connectivity index (χ4n) is 1.08. The summed E-state index contributed by atoms with van der Waals surface area (Å²) in [5.74, 6) is -1.76. The lowest BCUT2D eigenvalue weighted by Gasteiger charge is -2.18. The van der Waals surface area contributed by atoms with E-state index in [0.717, 1.165) is 0 Å². The van der Waals surface area contributed by atoms with E-state index in [1.807, 2.05) is 0 Å². The molecule has 4 atom stereocenters. The first kappa shape index (κ1) is 23.3. The fourth-order valence-corrected chi connectivity index (χ4v) is 1.96. The Kier molecular flexibility index (Phi) is 11.3. The molecule has 0 aromatic carbocycles. The monoisotopic (exact) mass is 344 g/mol. The highest BCUT2D eigenvalue weighted by Gasteiger charge is 2.29. The third-order valence-corrected chi connectivity index (χ3v) is 3.20. The zero-order chi connectivity index (χ0) is 16.6. The fraction of sp³-hybridized carbons (Fsp3) is 0.833. The number of esters is 2. The molecule has 0 aromatic rings. The van der Waals surface area contributed by atoms with Crippen LogP contribution in [0.25, 0.3) is 0 Å². The van der Waals surface area contributed by atoms with Gasteiger partial charge < -0.3 is 19.5 Å². The van der Waals surface area contributed by atoms with Crippen molar-refractivity contribution in [3.05, 3.63) is 0 Å². The number of rotatable bonds is 9. The molecule has 0 aliphatic rings. The van der Waals surface area contributed by atoms with Crippen LogP contribution in [0.3, 0.4) is 0 Å². The van der Waals surface area contributed by atoms with Crippen LogP contribution in [-0.4, -0.2) is 53.5 Å². The number of phosphoric acid groups is 1. The molecule has 10 heteroatoms. The Morgan fingerprint density at radius 2 is 1.73 bits per heavy atom. The lowest BCUT2D eigenvalue weighted by molar-refractivity contribution is -0.166. The number of hydrogen-bond donors (Lipinski definition) is 2. The zero-order valence-electron chi connectivity index (χ0n) is 12.3.